The average molecular weight is 294 g/mol. The summed E-state index contributed by atoms with van der Waals surface area (Å²) in [5, 5.41) is 0. The molecule has 1 N–H and O–H groups in total. The quantitative estimate of drug-likeness (QED) is 0.833. The van der Waals surface area contributed by atoms with E-state index in [1.165, 1.54) is 4.90 Å². The molecule has 21 heavy (non-hydrogen) atoms. The van der Waals surface area contributed by atoms with Crippen molar-refractivity contribution in [3.8, 4) is 0 Å². The number of carbonyl (C=O) groups is 2. The average Bonchev–Trinajstić information content (AvgIpc) is 2.34. The maximum absolute atomic E-state index is 12.6. The number of nitrogens with zero attached hydrogens (tertiary/aromatic N) is 1. The van der Waals surface area contributed by atoms with Gasteiger partial charge in [-0.1, -0.05) is 0 Å². The number of carbonyl (C=O) groups excluding carboxylic acids is 2. The third-order valence-corrected chi connectivity index (χ3v) is 3.07. The summed E-state index contributed by atoms with van der Waals surface area (Å²) in [6.45, 7) is 8.82. The second kappa shape index (κ2) is 7.06. The molecule has 0 saturated carbocycles. The number of aryl methyl sites for hydroxylation is 2. The van der Waals surface area contributed by atoms with E-state index in [0.29, 0.717) is 11.3 Å². The van der Waals surface area contributed by atoms with Crippen molar-refractivity contribution >= 4 is 11.9 Å². The summed E-state index contributed by atoms with van der Waals surface area (Å²) >= 11 is 0. The van der Waals surface area contributed by atoms with Gasteiger partial charge in [0, 0.05) is 11.7 Å². The van der Waals surface area contributed by atoms with Crippen LogP contribution in [-0.2, 0) is 9.53 Å². The van der Waals surface area contributed by atoms with Crippen molar-refractivity contribution in [2.45, 2.75) is 40.7 Å². The van der Waals surface area contributed by atoms with Gasteiger partial charge in [0.15, 0.2) is 0 Å². The van der Waals surface area contributed by atoms with Gasteiger partial charge in [0.25, 0.3) is 11.5 Å². The molecule has 0 aromatic carbocycles. The van der Waals surface area contributed by atoms with E-state index in [0.717, 1.165) is 0 Å². The number of H-pyrrole nitrogens is 1. The van der Waals surface area contributed by atoms with E-state index in [2.05, 4.69) is 4.98 Å². The summed E-state index contributed by atoms with van der Waals surface area (Å²) in [5.41, 5.74) is 0.914. The van der Waals surface area contributed by atoms with E-state index in [4.69, 9.17) is 4.74 Å². The van der Waals surface area contributed by atoms with Gasteiger partial charge in [-0.15, -0.1) is 0 Å². The fraction of sp³-hybridized carbons (Fsp3) is 0.533. The van der Waals surface area contributed by atoms with Gasteiger partial charge in [-0.25, -0.2) is 0 Å². The van der Waals surface area contributed by atoms with Crippen LogP contribution in [0, 0.1) is 13.8 Å². The zero-order chi connectivity index (χ0) is 16.2. The van der Waals surface area contributed by atoms with Crippen LogP contribution in [0.25, 0.3) is 0 Å². The van der Waals surface area contributed by atoms with E-state index in [1.54, 1.807) is 40.7 Å². The van der Waals surface area contributed by atoms with E-state index in [9.17, 15) is 14.4 Å². The Kier molecular flexibility index (Phi) is 5.69. The molecule has 1 heterocycles. The molecule has 1 amide bonds. The Labute approximate surface area is 124 Å². The van der Waals surface area contributed by atoms with Gasteiger partial charge in [0.05, 0.1) is 6.61 Å². The number of hydrogen-bond donors (Lipinski definition) is 1. The van der Waals surface area contributed by atoms with E-state index < -0.39 is 17.4 Å². The monoisotopic (exact) mass is 294 g/mol. The lowest BCUT2D eigenvalue weighted by molar-refractivity contribution is -0.144. The van der Waals surface area contributed by atoms with Crippen molar-refractivity contribution in [3.05, 3.63) is 33.2 Å². The SMILES string of the molecule is CCOC(=O)CN(C(=O)c1c(C)cc(C)[nH]c1=O)C(C)C. The number of ether oxygens (including phenoxy) is 1. The lowest BCUT2D eigenvalue weighted by Crippen LogP contribution is -2.43. The molecule has 0 saturated heterocycles. The fourth-order valence-electron chi connectivity index (χ4n) is 2.10. The third kappa shape index (κ3) is 4.18. The summed E-state index contributed by atoms with van der Waals surface area (Å²) in [6.07, 6.45) is 0. The molecule has 0 aliphatic rings. The first-order valence-corrected chi connectivity index (χ1v) is 6.95. The zero-order valence-corrected chi connectivity index (χ0v) is 13.1. The Bertz CT molecular complexity index is 590. The van der Waals surface area contributed by atoms with Crippen LogP contribution < -0.4 is 5.56 Å². The second-order valence-corrected chi connectivity index (χ2v) is 5.17. The van der Waals surface area contributed by atoms with Gasteiger partial charge in [-0.05, 0) is 46.2 Å². The second-order valence-electron chi connectivity index (χ2n) is 5.17. The lowest BCUT2D eigenvalue weighted by atomic mass is 10.1. The predicted octanol–water partition coefficient (Wildman–Crippen LogP) is 1.41. The highest BCUT2D eigenvalue weighted by molar-refractivity contribution is 5.97. The maximum atomic E-state index is 12.6. The minimum Gasteiger partial charge on any atom is -0.465 e. The largest absolute Gasteiger partial charge is 0.465 e. The molecule has 6 heteroatoms. The highest BCUT2D eigenvalue weighted by Gasteiger charge is 2.25. The van der Waals surface area contributed by atoms with Gasteiger partial charge in [0.1, 0.15) is 12.1 Å². The van der Waals surface area contributed by atoms with E-state index in [1.807, 2.05) is 0 Å². The van der Waals surface area contributed by atoms with E-state index >= 15 is 0 Å². The van der Waals surface area contributed by atoms with Crippen LogP contribution in [0.3, 0.4) is 0 Å². The molecular formula is C15H22N2O4. The molecule has 0 aliphatic carbocycles. The Morgan fingerprint density at radius 3 is 2.43 bits per heavy atom. The third-order valence-electron chi connectivity index (χ3n) is 3.07. The van der Waals surface area contributed by atoms with Crippen molar-refractivity contribution in [3.63, 3.8) is 0 Å². The van der Waals surface area contributed by atoms with Crippen molar-refractivity contribution in [1.82, 2.24) is 9.88 Å². The molecule has 1 aromatic rings. The van der Waals surface area contributed by atoms with Crippen LogP contribution in [0.1, 0.15) is 42.4 Å². The van der Waals surface area contributed by atoms with Gasteiger partial charge in [-0.2, -0.15) is 0 Å². The first-order valence-electron chi connectivity index (χ1n) is 6.95. The highest BCUT2D eigenvalue weighted by Crippen LogP contribution is 2.10. The highest BCUT2D eigenvalue weighted by atomic mass is 16.5. The van der Waals surface area contributed by atoms with Crippen molar-refractivity contribution < 1.29 is 14.3 Å². The number of esters is 1. The number of nitrogens with one attached hydrogen (secondary N) is 1. The molecule has 6 nitrogen and oxygen atoms in total. The standard InChI is InChI=1S/C15H22N2O4/c1-6-21-12(18)8-17(9(2)3)15(20)13-10(4)7-11(5)16-14(13)19/h7,9H,6,8H2,1-5H3,(H,16,19). The maximum Gasteiger partial charge on any atom is 0.325 e. The minimum atomic E-state index is -0.485. The van der Waals surface area contributed by atoms with Crippen molar-refractivity contribution in [2.24, 2.45) is 0 Å². The summed E-state index contributed by atoms with van der Waals surface area (Å²) < 4.78 is 4.87. The molecule has 0 spiro atoms. The molecule has 0 aliphatic heterocycles. The van der Waals surface area contributed by atoms with Crippen LogP contribution >= 0.6 is 0 Å². The summed E-state index contributed by atoms with van der Waals surface area (Å²) in [4.78, 5) is 40.2. The topological polar surface area (TPSA) is 79.5 Å². The molecular weight excluding hydrogens is 272 g/mol. The Hall–Kier alpha value is -2.11. The number of aromatic nitrogens is 1. The molecule has 1 rings (SSSR count). The fourth-order valence-corrected chi connectivity index (χ4v) is 2.10. The Morgan fingerprint density at radius 1 is 1.33 bits per heavy atom. The van der Waals surface area contributed by atoms with Crippen molar-refractivity contribution in [2.75, 3.05) is 13.2 Å². The number of hydrogen-bond acceptors (Lipinski definition) is 4. The molecule has 0 bridgehead atoms. The molecule has 0 fully saturated rings. The Morgan fingerprint density at radius 2 is 1.95 bits per heavy atom. The molecule has 0 atom stereocenters. The van der Waals surface area contributed by atoms with E-state index in [-0.39, 0.29) is 24.8 Å². The van der Waals surface area contributed by atoms with Gasteiger partial charge >= 0.3 is 5.97 Å². The van der Waals surface area contributed by atoms with Gasteiger partial charge in [-0.3, -0.25) is 14.4 Å². The number of amides is 1. The summed E-state index contributed by atoms with van der Waals surface area (Å²) in [7, 11) is 0. The molecule has 0 radical (unpaired) electrons. The first-order chi connectivity index (χ1) is 9.77. The van der Waals surface area contributed by atoms with Gasteiger partial charge < -0.3 is 14.6 Å². The van der Waals surface area contributed by atoms with Crippen LogP contribution in [-0.4, -0.2) is 41.0 Å². The summed E-state index contributed by atoms with van der Waals surface area (Å²) in [6, 6.07) is 1.51. The molecule has 116 valence electrons. The molecule has 1 aromatic heterocycles. The van der Waals surface area contributed by atoms with Crippen LogP contribution in [0.15, 0.2) is 10.9 Å². The lowest BCUT2D eigenvalue weighted by Gasteiger charge is -2.26. The minimum absolute atomic E-state index is 0.0681. The normalized spacial score (nSPS) is 10.6. The molecule has 0 unspecified atom stereocenters. The zero-order valence-electron chi connectivity index (χ0n) is 13.1. The van der Waals surface area contributed by atoms with Crippen LogP contribution in [0.4, 0.5) is 0 Å². The number of rotatable bonds is 5. The summed E-state index contributed by atoms with van der Waals surface area (Å²) in [5.74, 6) is -0.947. The Balaban J connectivity index is 3.13. The van der Waals surface area contributed by atoms with Crippen LogP contribution in [0.5, 0.6) is 0 Å². The number of pyridine rings is 1. The van der Waals surface area contributed by atoms with Crippen LogP contribution in [0.2, 0.25) is 0 Å². The predicted molar refractivity (Wildman–Crippen MR) is 79.3 cm³/mol. The number of aromatic amines is 1. The first kappa shape index (κ1) is 16.9. The van der Waals surface area contributed by atoms with Gasteiger partial charge in [0.2, 0.25) is 0 Å². The smallest absolute Gasteiger partial charge is 0.325 e. The van der Waals surface area contributed by atoms with Crippen molar-refractivity contribution in [1.29, 1.82) is 0 Å².